The zero-order valence-electron chi connectivity index (χ0n) is 11.6. The summed E-state index contributed by atoms with van der Waals surface area (Å²) >= 11 is 3.31. The van der Waals surface area contributed by atoms with E-state index in [0.29, 0.717) is 5.92 Å². The summed E-state index contributed by atoms with van der Waals surface area (Å²) in [7, 11) is 1.92. The quantitative estimate of drug-likeness (QED) is 0.891. The minimum Gasteiger partial charge on any atom is -0.507 e. The largest absolute Gasteiger partial charge is 0.507 e. The van der Waals surface area contributed by atoms with Crippen molar-refractivity contribution in [1.29, 1.82) is 0 Å². The molecule has 1 saturated carbocycles. The summed E-state index contributed by atoms with van der Waals surface area (Å²) in [5.41, 5.74) is 0.268. The molecule has 1 aromatic carbocycles. The van der Waals surface area contributed by atoms with Crippen molar-refractivity contribution in [2.24, 2.45) is 13.0 Å². The highest BCUT2D eigenvalue weighted by molar-refractivity contribution is 9.10. The molecule has 5 nitrogen and oxygen atoms in total. The monoisotopic (exact) mass is 349 g/mol. The van der Waals surface area contributed by atoms with Crippen molar-refractivity contribution in [3.05, 3.63) is 46.5 Å². The van der Waals surface area contributed by atoms with E-state index in [1.165, 1.54) is 6.07 Å². The van der Waals surface area contributed by atoms with Gasteiger partial charge in [0, 0.05) is 23.9 Å². The minimum absolute atomic E-state index is 0.0231. The molecule has 110 valence electrons. The van der Waals surface area contributed by atoms with Gasteiger partial charge >= 0.3 is 0 Å². The third kappa shape index (κ3) is 2.95. The zero-order chi connectivity index (χ0) is 15.0. The fraction of sp³-hybridized carbons (Fsp3) is 0.333. The van der Waals surface area contributed by atoms with Crippen molar-refractivity contribution in [2.45, 2.75) is 18.9 Å². The van der Waals surface area contributed by atoms with Crippen LogP contribution in [0.3, 0.4) is 0 Å². The van der Waals surface area contributed by atoms with Gasteiger partial charge in [-0.05, 0) is 37.0 Å². The summed E-state index contributed by atoms with van der Waals surface area (Å²) in [4.78, 5) is 16.8. The highest BCUT2D eigenvalue weighted by Crippen LogP contribution is 2.40. The fourth-order valence-corrected chi connectivity index (χ4v) is 2.77. The van der Waals surface area contributed by atoms with Crippen LogP contribution >= 0.6 is 15.9 Å². The topological polar surface area (TPSA) is 67.2 Å². The van der Waals surface area contributed by atoms with Crippen LogP contribution in [0.5, 0.6) is 5.75 Å². The zero-order valence-corrected chi connectivity index (χ0v) is 13.2. The molecular formula is C15H16BrN3O2. The smallest absolute Gasteiger partial charge is 0.255 e. The number of carbonyl (C=O) groups is 1. The number of phenolic OH excluding ortho intramolecular Hbond substituents is 1. The van der Waals surface area contributed by atoms with E-state index in [1.54, 1.807) is 18.3 Å². The van der Waals surface area contributed by atoms with E-state index >= 15 is 0 Å². The number of phenols is 1. The Balaban J connectivity index is 1.85. The van der Waals surface area contributed by atoms with Gasteiger partial charge in [-0.3, -0.25) is 4.79 Å². The SMILES string of the molecule is Cn1ccnc1C(NC(=O)c1cc(Br)ccc1O)C1CC1. The summed E-state index contributed by atoms with van der Waals surface area (Å²) in [5.74, 6) is 0.962. The number of nitrogens with one attached hydrogen (secondary N) is 1. The number of aryl methyl sites for hydroxylation is 1. The van der Waals surface area contributed by atoms with E-state index in [2.05, 4.69) is 26.2 Å². The molecule has 1 fully saturated rings. The van der Waals surface area contributed by atoms with Crippen molar-refractivity contribution in [2.75, 3.05) is 0 Å². The van der Waals surface area contributed by atoms with Crippen molar-refractivity contribution in [1.82, 2.24) is 14.9 Å². The number of amides is 1. The first-order chi connectivity index (χ1) is 10.1. The summed E-state index contributed by atoms with van der Waals surface area (Å²) in [5, 5.41) is 12.9. The third-order valence-electron chi connectivity index (χ3n) is 3.72. The van der Waals surface area contributed by atoms with Crippen LogP contribution < -0.4 is 5.32 Å². The molecule has 1 aliphatic rings. The normalized spacial score (nSPS) is 15.7. The number of rotatable bonds is 4. The molecule has 1 aromatic heterocycles. The van der Waals surface area contributed by atoms with Crippen molar-refractivity contribution >= 4 is 21.8 Å². The van der Waals surface area contributed by atoms with E-state index in [0.717, 1.165) is 23.1 Å². The number of nitrogens with zero attached hydrogens (tertiary/aromatic N) is 2. The van der Waals surface area contributed by atoms with Crippen molar-refractivity contribution in [3.63, 3.8) is 0 Å². The van der Waals surface area contributed by atoms with E-state index in [4.69, 9.17) is 0 Å². The Morgan fingerprint density at radius 3 is 2.90 bits per heavy atom. The number of imidazole rings is 1. The van der Waals surface area contributed by atoms with Gasteiger partial charge in [-0.2, -0.15) is 0 Å². The lowest BCUT2D eigenvalue weighted by Gasteiger charge is -2.18. The molecule has 3 rings (SSSR count). The molecule has 2 aromatic rings. The molecule has 2 N–H and O–H groups in total. The van der Waals surface area contributed by atoms with Gasteiger partial charge in [-0.1, -0.05) is 15.9 Å². The maximum Gasteiger partial charge on any atom is 0.255 e. The molecule has 1 heterocycles. The molecular weight excluding hydrogens is 334 g/mol. The first kappa shape index (κ1) is 14.1. The van der Waals surface area contributed by atoms with Crippen LogP contribution in [0.1, 0.15) is 35.1 Å². The molecule has 1 atom stereocenters. The fourth-order valence-electron chi connectivity index (χ4n) is 2.41. The predicted molar refractivity (Wildman–Crippen MR) is 81.9 cm³/mol. The van der Waals surface area contributed by atoms with Crippen LogP contribution in [0.25, 0.3) is 0 Å². The molecule has 0 aliphatic heterocycles. The maximum atomic E-state index is 12.4. The van der Waals surface area contributed by atoms with Crippen molar-refractivity contribution in [3.8, 4) is 5.75 Å². The van der Waals surface area contributed by atoms with E-state index < -0.39 is 0 Å². The standard InChI is InChI=1S/C15H16BrN3O2/c1-19-7-6-17-14(19)13(9-2-3-9)18-15(21)11-8-10(16)4-5-12(11)20/h4-9,13,20H,2-3H2,1H3,(H,18,21). The second kappa shape index (κ2) is 5.52. The Kier molecular flexibility index (Phi) is 3.71. The summed E-state index contributed by atoms with van der Waals surface area (Å²) in [6.45, 7) is 0. The molecule has 0 radical (unpaired) electrons. The second-order valence-corrected chi connectivity index (χ2v) is 6.26. The van der Waals surface area contributed by atoms with Crippen molar-refractivity contribution < 1.29 is 9.90 Å². The first-order valence-corrected chi connectivity index (χ1v) is 7.62. The van der Waals surface area contributed by atoms with Crippen LogP contribution in [0.2, 0.25) is 0 Å². The van der Waals surface area contributed by atoms with Crippen LogP contribution in [0.15, 0.2) is 35.1 Å². The molecule has 1 amide bonds. The van der Waals surface area contributed by atoms with E-state index in [9.17, 15) is 9.90 Å². The van der Waals surface area contributed by atoms with Gasteiger partial charge in [0.05, 0.1) is 11.6 Å². The molecule has 0 spiro atoms. The molecule has 1 unspecified atom stereocenters. The Labute approximate surface area is 131 Å². The summed E-state index contributed by atoms with van der Waals surface area (Å²) in [6.07, 6.45) is 5.77. The van der Waals surface area contributed by atoms with E-state index in [1.807, 2.05) is 17.8 Å². The lowest BCUT2D eigenvalue weighted by atomic mass is 10.1. The lowest BCUT2D eigenvalue weighted by molar-refractivity contribution is 0.0926. The number of hydrogen-bond acceptors (Lipinski definition) is 3. The lowest BCUT2D eigenvalue weighted by Crippen LogP contribution is -2.31. The highest BCUT2D eigenvalue weighted by Gasteiger charge is 2.36. The Morgan fingerprint density at radius 1 is 1.52 bits per heavy atom. The number of aromatic hydroxyl groups is 1. The average Bonchev–Trinajstić information content (AvgIpc) is 3.21. The first-order valence-electron chi connectivity index (χ1n) is 6.83. The molecule has 6 heteroatoms. The average molecular weight is 350 g/mol. The Morgan fingerprint density at radius 2 is 2.29 bits per heavy atom. The molecule has 1 aliphatic carbocycles. The van der Waals surface area contributed by atoms with Gasteiger partial charge in [-0.25, -0.2) is 4.98 Å². The number of aromatic nitrogens is 2. The van der Waals surface area contributed by atoms with Gasteiger partial charge in [0.2, 0.25) is 0 Å². The van der Waals surface area contributed by atoms with Crippen LogP contribution in [0, 0.1) is 5.92 Å². The molecule has 0 bridgehead atoms. The minimum atomic E-state index is -0.284. The highest BCUT2D eigenvalue weighted by atomic mass is 79.9. The Bertz CT molecular complexity index is 679. The number of benzene rings is 1. The van der Waals surface area contributed by atoms with Crippen LogP contribution in [-0.2, 0) is 7.05 Å². The number of hydrogen-bond donors (Lipinski definition) is 2. The third-order valence-corrected chi connectivity index (χ3v) is 4.21. The van der Waals surface area contributed by atoms with Gasteiger partial charge in [0.15, 0.2) is 0 Å². The summed E-state index contributed by atoms with van der Waals surface area (Å²) in [6, 6.07) is 4.71. The number of carbonyl (C=O) groups excluding carboxylic acids is 1. The summed E-state index contributed by atoms with van der Waals surface area (Å²) < 4.78 is 2.68. The van der Waals surface area contributed by atoms with Gasteiger partial charge in [0.25, 0.3) is 5.91 Å². The maximum absolute atomic E-state index is 12.4. The molecule has 0 saturated heterocycles. The van der Waals surface area contributed by atoms with Gasteiger partial charge < -0.3 is 15.0 Å². The Hall–Kier alpha value is -1.82. The van der Waals surface area contributed by atoms with Gasteiger partial charge in [-0.15, -0.1) is 0 Å². The van der Waals surface area contributed by atoms with Crippen LogP contribution in [0.4, 0.5) is 0 Å². The second-order valence-electron chi connectivity index (χ2n) is 5.35. The molecule has 21 heavy (non-hydrogen) atoms. The van der Waals surface area contributed by atoms with Gasteiger partial charge in [0.1, 0.15) is 11.6 Å². The predicted octanol–water partition coefficient (Wildman–Crippen LogP) is 2.77. The van der Waals surface area contributed by atoms with Crippen LogP contribution in [-0.4, -0.2) is 20.6 Å². The number of halogens is 1. The van der Waals surface area contributed by atoms with E-state index in [-0.39, 0.29) is 23.3 Å².